The molecule has 0 radical (unpaired) electrons. The van der Waals surface area contributed by atoms with Crippen LogP contribution in [-0.4, -0.2) is 184 Å². The fourth-order valence-corrected chi connectivity index (χ4v) is 17.2. The minimum absolute atomic E-state index is 0.00568. The lowest BCUT2D eigenvalue weighted by Gasteiger charge is -2.28. The van der Waals surface area contributed by atoms with Gasteiger partial charge in [0.2, 0.25) is 5.91 Å². The van der Waals surface area contributed by atoms with Gasteiger partial charge in [-0.05, 0) is 154 Å². The van der Waals surface area contributed by atoms with Crippen LogP contribution in [0.15, 0.2) is 176 Å². The zero-order chi connectivity index (χ0) is 89.6. The molecular formula is C87H91ClF3N19O15S. The number of benzene rings is 3. The van der Waals surface area contributed by atoms with E-state index in [1.165, 1.54) is 21.9 Å². The lowest BCUT2D eigenvalue weighted by molar-refractivity contribution is -0.137. The van der Waals surface area contributed by atoms with Gasteiger partial charge in [-0.15, -0.1) is 11.3 Å². The molecule has 18 rings (SSSR count). The largest absolute Gasteiger partial charge is 0.416 e. The molecule has 39 heteroatoms. The lowest BCUT2D eigenvalue weighted by atomic mass is 9.94. The van der Waals surface area contributed by atoms with Crippen molar-refractivity contribution in [1.29, 1.82) is 0 Å². The van der Waals surface area contributed by atoms with Gasteiger partial charge >= 0.3 is 6.18 Å². The fourth-order valence-electron chi connectivity index (χ4n) is 16.4. The van der Waals surface area contributed by atoms with Crippen LogP contribution in [0.5, 0.6) is 0 Å². The van der Waals surface area contributed by atoms with E-state index in [-0.39, 0.29) is 52.9 Å². The van der Waals surface area contributed by atoms with E-state index in [1.54, 1.807) is 119 Å². The van der Waals surface area contributed by atoms with Gasteiger partial charge < -0.3 is 56.5 Å². The second kappa shape index (κ2) is 37.8. The van der Waals surface area contributed by atoms with Crippen molar-refractivity contribution >= 4 is 92.9 Å². The minimum atomic E-state index is -4.45. The predicted octanol–water partition coefficient (Wildman–Crippen LogP) is 9.94. The molecule has 34 nitrogen and oxygen atoms in total. The van der Waals surface area contributed by atoms with E-state index >= 15 is 0 Å². The van der Waals surface area contributed by atoms with Crippen LogP contribution in [0.25, 0.3) is 10.9 Å². The number of hydrogen-bond acceptors (Lipinski definition) is 17. The number of hydrogen-bond donors (Lipinski definition) is 10. The Bertz CT molecular complexity index is 6110. The molecule has 10 amide bonds. The van der Waals surface area contributed by atoms with Crippen LogP contribution < -0.4 is 27.4 Å². The number of halogens is 4. The number of alkyl halides is 3. The number of aryl methyl sites for hydroxylation is 5. The van der Waals surface area contributed by atoms with Crippen molar-refractivity contribution in [3.63, 3.8) is 0 Å². The maximum Gasteiger partial charge on any atom is 0.416 e. The smallest absolute Gasteiger partial charge is 0.349 e. The topological polar surface area (TPSA) is 401 Å². The van der Waals surface area contributed by atoms with Crippen LogP contribution in [0, 0.1) is 13.8 Å². The van der Waals surface area contributed by atoms with Crippen LogP contribution in [0.1, 0.15) is 175 Å². The number of nitrogens with zero attached hydrogens (tertiary/aromatic N) is 14. The zero-order valence-electron chi connectivity index (χ0n) is 68.9. The molecule has 0 unspecified atom stereocenters. The number of para-hydroxylation sites is 1. The fraction of sp³-hybridized carbons (Fsp3) is 0.299. The summed E-state index contributed by atoms with van der Waals surface area (Å²) in [4.78, 5) is 132. The number of thiophene rings is 1. The highest BCUT2D eigenvalue weighted by Gasteiger charge is 2.53. The summed E-state index contributed by atoms with van der Waals surface area (Å²) in [5.41, 5.74) is 18.8. The third-order valence-electron chi connectivity index (χ3n) is 23.3. The van der Waals surface area contributed by atoms with Crippen molar-refractivity contribution in [2.45, 2.75) is 123 Å². The highest BCUT2D eigenvalue weighted by molar-refractivity contribution is 7.09. The maximum atomic E-state index is 13.3. The molecule has 0 saturated heterocycles. The highest BCUT2D eigenvalue weighted by Crippen LogP contribution is 2.50. The van der Waals surface area contributed by atoms with Crippen LogP contribution in [0.4, 0.5) is 13.2 Å². The van der Waals surface area contributed by atoms with E-state index in [2.05, 4.69) is 21.1 Å². The van der Waals surface area contributed by atoms with E-state index in [0.29, 0.717) is 130 Å². The SMILES string of the molecule is Cc1cc(C(=O)N2CCn3cc(C(=O)NO)cc3C2)c(C)n1Cc1cccs1.Cn1c(C(=O)N2CCn3nc(C(=O)NO)cc3C2)cc2ccccc21.Cn1cccc1C(=O)N1CCn2cc(C(=O)NO)cc2C1.O=C(NO)c1cc2n(c1)CCCN(C(=O)C1(c3ccc(Cl)cc3)CC1)C2.O=C(NO)c1cc2n(c1)CCCN(C(=O)c1ccc(C(F)(F)F)cc1)C2. The Morgan fingerprint density at radius 3 is 1.45 bits per heavy atom. The van der Waals surface area contributed by atoms with Gasteiger partial charge in [0.15, 0.2) is 5.69 Å². The first-order valence-corrected chi connectivity index (χ1v) is 41.5. The Hall–Kier alpha value is -13.6. The molecule has 1 saturated carbocycles. The van der Waals surface area contributed by atoms with Crippen molar-refractivity contribution in [1.82, 2.24) is 93.7 Å². The van der Waals surface area contributed by atoms with Gasteiger partial charge in [-0.1, -0.05) is 48.0 Å². The molecule has 6 aliphatic rings. The number of carbonyl (C=O) groups excluding carboxylic acids is 10. The Morgan fingerprint density at radius 2 is 0.960 bits per heavy atom. The Balaban J connectivity index is 0.000000128. The van der Waals surface area contributed by atoms with Gasteiger partial charge in [-0.2, -0.15) is 18.3 Å². The zero-order valence-corrected chi connectivity index (χ0v) is 70.5. The first-order valence-electron chi connectivity index (χ1n) is 40.3. The van der Waals surface area contributed by atoms with Crippen molar-refractivity contribution in [2.75, 3.05) is 32.7 Å². The molecule has 0 spiro atoms. The van der Waals surface area contributed by atoms with Gasteiger partial charge in [-0.25, -0.2) is 27.4 Å². The summed E-state index contributed by atoms with van der Waals surface area (Å²) in [5, 5.41) is 51.6. The summed E-state index contributed by atoms with van der Waals surface area (Å²) in [6.45, 7) is 12.6. The van der Waals surface area contributed by atoms with Crippen molar-refractivity contribution < 1.29 is 87.2 Å². The lowest BCUT2D eigenvalue weighted by Crippen LogP contribution is -2.39. The van der Waals surface area contributed by atoms with Gasteiger partial charge in [0, 0.05) is 165 Å². The number of rotatable bonds is 13. The summed E-state index contributed by atoms with van der Waals surface area (Å²) in [7, 11) is 3.72. The summed E-state index contributed by atoms with van der Waals surface area (Å²) in [5.74, 6) is -3.24. The molecule has 3 aromatic carbocycles. The molecule has 9 aromatic heterocycles. The Labute approximate surface area is 727 Å². The molecule has 1 aliphatic carbocycles. The second-order valence-corrected chi connectivity index (χ2v) is 32.7. The van der Waals surface area contributed by atoms with Crippen LogP contribution in [0.3, 0.4) is 0 Å². The van der Waals surface area contributed by atoms with Gasteiger partial charge in [0.1, 0.15) is 11.4 Å². The second-order valence-electron chi connectivity index (χ2n) is 31.2. The monoisotopic (exact) mass is 1770 g/mol. The first kappa shape index (κ1) is 88.7. The Morgan fingerprint density at radius 1 is 0.476 bits per heavy atom. The minimum Gasteiger partial charge on any atom is -0.349 e. The third-order valence-corrected chi connectivity index (χ3v) is 24.4. The normalized spacial score (nSPS) is 14.8. The summed E-state index contributed by atoms with van der Waals surface area (Å²) < 4.78 is 53.2. The number of nitrogens with one attached hydrogen (secondary N) is 5. The number of hydroxylamine groups is 5. The summed E-state index contributed by atoms with van der Waals surface area (Å²) >= 11 is 7.69. The highest BCUT2D eigenvalue weighted by atomic mass is 35.5. The van der Waals surface area contributed by atoms with E-state index in [4.69, 9.17) is 37.6 Å². The third kappa shape index (κ3) is 19.2. The van der Waals surface area contributed by atoms with E-state index in [9.17, 15) is 61.1 Å². The molecule has 1 fully saturated rings. The predicted molar refractivity (Wildman–Crippen MR) is 449 cm³/mol. The van der Waals surface area contributed by atoms with Gasteiger partial charge in [0.25, 0.3) is 53.2 Å². The van der Waals surface area contributed by atoms with Gasteiger partial charge in [-0.3, -0.25) is 78.7 Å². The van der Waals surface area contributed by atoms with Crippen molar-refractivity contribution in [2.24, 2.45) is 14.1 Å². The molecule has 14 heterocycles. The van der Waals surface area contributed by atoms with Crippen LogP contribution >= 0.6 is 22.9 Å². The molecule has 5 aliphatic heterocycles. The number of aromatic nitrogens is 9. The van der Waals surface area contributed by atoms with Crippen molar-refractivity contribution in [3.05, 3.63) is 287 Å². The average molecular weight is 1770 g/mol. The number of fused-ring (bicyclic) bond motifs is 6. The Kier molecular flexibility index (Phi) is 26.6. The van der Waals surface area contributed by atoms with E-state index in [1.807, 2.05) is 140 Å². The van der Waals surface area contributed by atoms with Gasteiger partial charge in [0.05, 0.1) is 90.3 Å². The van der Waals surface area contributed by atoms with Crippen LogP contribution in [-0.2, 0) is 102 Å². The molecule has 126 heavy (non-hydrogen) atoms. The molecule has 0 bridgehead atoms. The van der Waals surface area contributed by atoms with Crippen molar-refractivity contribution in [3.8, 4) is 0 Å². The maximum absolute atomic E-state index is 13.3. The summed E-state index contributed by atoms with van der Waals surface area (Å²) in [6, 6.07) is 39.4. The van der Waals surface area contributed by atoms with E-state index < -0.39 is 46.7 Å². The molecule has 10 N–H and O–H groups in total. The average Bonchev–Trinajstić information content (AvgIpc) is 1.59. The molecule has 658 valence electrons. The number of carbonyl (C=O) groups is 10. The molecular weight excluding hydrogens is 1680 g/mol. The first-order chi connectivity index (χ1) is 60.5. The molecule has 0 atom stereocenters. The summed E-state index contributed by atoms with van der Waals surface area (Å²) in [6.07, 6.45) is 7.25. The standard InChI is InChI=1S/C20H22N4O3S.C19H20ClN3O3.C17H16F3N3O3.C17H17N5O3.C14H16N4O3/c1-13-8-18(14(2)24(13)12-17-4-3-7-28-17)20(26)23-6-5-22-10-15(19(25)21-27)9-16(22)11-23;20-15-4-2-14(3-5-15)19(6-7-19)18(25)23-9-1-8-22-11-13(17(24)21-26)10-16(22)12-23;18-17(19,20)13-4-2-11(3-5-13)16(25)23-7-1-6-22-9-12(15(24)21-26)8-14(22)10-23;1-20-14-5-3-2-4-11(14)8-15(20)17(24)21-6-7-22-12(10-21)9-13(18-22)16(23)19-25;1-16-4-2-3-12(16)14(20)18-6-5-17-8-10(13(19)15-21)7-11(17)9-18/h3-4,7-10,27H,5-6,11-12H2,1-2H3,(H,21,25);2-5,10-11,26H,1,6-9,12H2,(H,21,24);2-5,8-9,26H,1,6-7,10H2,(H,21,24);2-5,8-9,25H,6-7,10H2,1H3,(H,19,23);2-4,7-8,21H,5-6,9H2,1H3,(H,15,19). The van der Waals surface area contributed by atoms with Crippen LogP contribution in [0.2, 0.25) is 5.02 Å². The van der Waals surface area contributed by atoms with E-state index in [0.717, 1.165) is 101 Å². The quantitative estimate of drug-likeness (QED) is 0.0379. The molecule has 12 aromatic rings. The number of amides is 10.